The molecule has 5 nitrogen and oxygen atoms in total. The Morgan fingerprint density at radius 2 is 2.31 bits per heavy atom. The molecule has 0 aliphatic rings. The maximum Gasteiger partial charge on any atom is 0.271 e. The predicted octanol–water partition coefficient (Wildman–Crippen LogP) is 0.137. The molecule has 1 amide bonds. The first-order valence-corrected chi connectivity index (χ1v) is 3.78. The Morgan fingerprint density at radius 1 is 1.54 bits per heavy atom. The number of imidazole rings is 1. The van der Waals surface area contributed by atoms with Gasteiger partial charge in [-0.1, -0.05) is 0 Å². The van der Waals surface area contributed by atoms with Gasteiger partial charge in [0.1, 0.15) is 6.33 Å². The molecule has 0 radical (unpaired) electrons. The number of nitrogens with zero attached hydrogens (tertiary/aromatic N) is 3. The van der Waals surface area contributed by atoms with E-state index in [9.17, 15) is 4.79 Å². The molecule has 0 aromatic carbocycles. The molecule has 66 valence electrons. The minimum absolute atomic E-state index is 0.212. The van der Waals surface area contributed by atoms with Crippen LogP contribution in [0.25, 0.3) is 5.65 Å². The molecule has 0 unspecified atom stereocenters. The van der Waals surface area contributed by atoms with Crippen LogP contribution in [0.2, 0.25) is 0 Å². The van der Waals surface area contributed by atoms with E-state index in [1.165, 1.54) is 6.33 Å². The van der Waals surface area contributed by atoms with Crippen LogP contribution in [0.3, 0.4) is 0 Å². The molecular formula is C8H8N4O. The van der Waals surface area contributed by atoms with E-state index in [2.05, 4.69) is 9.97 Å². The number of hydrogen-bond donors (Lipinski definition) is 1. The van der Waals surface area contributed by atoms with Gasteiger partial charge in [0.05, 0.1) is 0 Å². The quantitative estimate of drug-likeness (QED) is 0.671. The number of carbonyl (C=O) groups is 1. The van der Waals surface area contributed by atoms with Crippen LogP contribution >= 0.6 is 0 Å². The van der Waals surface area contributed by atoms with Crippen molar-refractivity contribution in [2.24, 2.45) is 5.73 Å². The standard InChI is InChI=1S/C8H8N4O/c1-5-2-3-10-8-6(7(9)13)11-4-12(5)8/h2-4H,1H3,(H2,9,13). The molecular weight excluding hydrogens is 168 g/mol. The largest absolute Gasteiger partial charge is 0.364 e. The van der Waals surface area contributed by atoms with E-state index < -0.39 is 5.91 Å². The molecule has 0 bridgehead atoms. The molecule has 0 aliphatic carbocycles. The smallest absolute Gasteiger partial charge is 0.271 e. The van der Waals surface area contributed by atoms with E-state index in [-0.39, 0.29) is 5.69 Å². The van der Waals surface area contributed by atoms with Crippen LogP contribution in [0.1, 0.15) is 16.2 Å². The Labute approximate surface area is 74.2 Å². The lowest BCUT2D eigenvalue weighted by Crippen LogP contribution is -2.12. The zero-order valence-electron chi connectivity index (χ0n) is 7.06. The minimum atomic E-state index is -0.555. The molecule has 2 rings (SSSR count). The van der Waals surface area contributed by atoms with Crippen LogP contribution in [0.4, 0.5) is 0 Å². The first-order chi connectivity index (χ1) is 6.20. The van der Waals surface area contributed by atoms with E-state index in [1.807, 2.05) is 13.0 Å². The molecule has 5 heteroatoms. The van der Waals surface area contributed by atoms with Gasteiger partial charge in [-0.25, -0.2) is 9.97 Å². The van der Waals surface area contributed by atoms with Crippen molar-refractivity contribution in [2.45, 2.75) is 6.92 Å². The average Bonchev–Trinajstić information content (AvgIpc) is 2.48. The fourth-order valence-electron chi connectivity index (χ4n) is 1.19. The van der Waals surface area contributed by atoms with Crippen molar-refractivity contribution in [1.82, 2.24) is 14.4 Å². The van der Waals surface area contributed by atoms with Gasteiger partial charge in [0.25, 0.3) is 5.91 Å². The highest BCUT2D eigenvalue weighted by Gasteiger charge is 2.10. The molecule has 0 saturated heterocycles. The van der Waals surface area contributed by atoms with E-state index in [0.29, 0.717) is 5.65 Å². The lowest BCUT2D eigenvalue weighted by Gasteiger charge is -1.96. The van der Waals surface area contributed by atoms with E-state index in [4.69, 9.17) is 5.73 Å². The van der Waals surface area contributed by atoms with Gasteiger partial charge in [0, 0.05) is 11.9 Å². The van der Waals surface area contributed by atoms with Gasteiger partial charge in [0.15, 0.2) is 11.3 Å². The molecule has 2 aromatic heterocycles. The summed E-state index contributed by atoms with van der Waals surface area (Å²) in [7, 11) is 0. The summed E-state index contributed by atoms with van der Waals surface area (Å²) in [6.07, 6.45) is 3.16. The van der Waals surface area contributed by atoms with E-state index in [1.54, 1.807) is 10.6 Å². The second-order valence-corrected chi connectivity index (χ2v) is 2.74. The average molecular weight is 176 g/mol. The Morgan fingerprint density at radius 3 is 3.00 bits per heavy atom. The van der Waals surface area contributed by atoms with E-state index in [0.717, 1.165) is 5.69 Å². The summed E-state index contributed by atoms with van der Waals surface area (Å²) in [5, 5.41) is 0. The van der Waals surface area contributed by atoms with Crippen molar-refractivity contribution in [3.8, 4) is 0 Å². The lowest BCUT2D eigenvalue weighted by molar-refractivity contribution is 0.0997. The Bertz CT molecular complexity index is 474. The highest BCUT2D eigenvalue weighted by atomic mass is 16.1. The normalized spacial score (nSPS) is 10.5. The van der Waals surface area contributed by atoms with Gasteiger partial charge >= 0.3 is 0 Å². The highest BCUT2D eigenvalue weighted by Crippen LogP contribution is 2.07. The van der Waals surface area contributed by atoms with Crippen molar-refractivity contribution in [3.05, 3.63) is 30.0 Å². The topological polar surface area (TPSA) is 73.3 Å². The second-order valence-electron chi connectivity index (χ2n) is 2.74. The van der Waals surface area contributed by atoms with Gasteiger partial charge in [-0.05, 0) is 13.0 Å². The van der Waals surface area contributed by atoms with Crippen LogP contribution in [0.15, 0.2) is 18.6 Å². The number of nitrogens with two attached hydrogens (primary N) is 1. The lowest BCUT2D eigenvalue weighted by atomic mass is 10.4. The third kappa shape index (κ3) is 1.05. The van der Waals surface area contributed by atoms with Crippen LogP contribution < -0.4 is 5.73 Å². The maximum absolute atomic E-state index is 10.9. The zero-order valence-corrected chi connectivity index (χ0v) is 7.06. The molecule has 2 N–H and O–H groups in total. The fourth-order valence-corrected chi connectivity index (χ4v) is 1.19. The van der Waals surface area contributed by atoms with Crippen LogP contribution in [-0.2, 0) is 0 Å². The second kappa shape index (κ2) is 2.55. The van der Waals surface area contributed by atoms with Crippen molar-refractivity contribution in [2.75, 3.05) is 0 Å². The van der Waals surface area contributed by atoms with Crippen LogP contribution in [0.5, 0.6) is 0 Å². The Kier molecular flexibility index (Phi) is 1.51. The molecule has 0 fully saturated rings. The van der Waals surface area contributed by atoms with Crippen molar-refractivity contribution in [3.63, 3.8) is 0 Å². The first kappa shape index (κ1) is 7.72. The third-order valence-electron chi connectivity index (χ3n) is 1.87. The van der Waals surface area contributed by atoms with Crippen LogP contribution in [-0.4, -0.2) is 20.3 Å². The van der Waals surface area contributed by atoms with Gasteiger partial charge in [-0.3, -0.25) is 9.20 Å². The Hall–Kier alpha value is -1.91. The van der Waals surface area contributed by atoms with Crippen molar-refractivity contribution in [1.29, 1.82) is 0 Å². The van der Waals surface area contributed by atoms with Crippen molar-refractivity contribution < 1.29 is 4.79 Å². The van der Waals surface area contributed by atoms with Gasteiger partial charge in [-0.15, -0.1) is 0 Å². The summed E-state index contributed by atoms with van der Waals surface area (Å²) in [4.78, 5) is 18.8. The highest BCUT2D eigenvalue weighted by molar-refractivity contribution is 5.96. The molecule has 2 heterocycles. The maximum atomic E-state index is 10.9. The molecule has 2 aromatic rings. The van der Waals surface area contributed by atoms with E-state index >= 15 is 0 Å². The number of aryl methyl sites for hydroxylation is 1. The fraction of sp³-hybridized carbons (Fsp3) is 0.125. The number of fused-ring (bicyclic) bond motifs is 1. The molecule has 0 aliphatic heterocycles. The van der Waals surface area contributed by atoms with Gasteiger partial charge in [-0.2, -0.15) is 0 Å². The zero-order chi connectivity index (χ0) is 9.42. The van der Waals surface area contributed by atoms with Gasteiger partial charge in [0.2, 0.25) is 0 Å². The minimum Gasteiger partial charge on any atom is -0.364 e. The third-order valence-corrected chi connectivity index (χ3v) is 1.87. The summed E-state index contributed by atoms with van der Waals surface area (Å²) in [5.41, 5.74) is 6.80. The number of primary amides is 1. The monoisotopic (exact) mass is 176 g/mol. The SMILES string of the molecule is Cc1ccnc2c(C(N)=O)ncn12. The van der Waals surface area contributed by atoms with Crippen LogP contribution in [0, 0.1) is 6.92 Å². The number of amides is 1. The van der Waals surface area contributed by atoms with Crippen molar-refractivity contribution >= 4 is 11.6 Å². The number of hydrogen-bond acceptors (Lipinski definition) is 3. The molecule has 13 heavy (non-hydrogen) atoms. The van der Waals surface area contributed by atoms with Gasteiger partial charge < -0.3 is 5.73 Å². The summed E-state index contributed by atoms with van der Waals surface area (Å²) in [6, 6.07) is 1.83. The number of rotatable bonds is 1. The molecule has 0 atom stereocenters. The Balaban J connectivity index is 2.83. The molecule has 0 saturated carbocycles. The summed E-state index contributed by atoms with van der Waals surface area (Å²) in [5.74, 6) is -0.555. The first-order valence-electron chi connectivity index (χ1n) is 3.78. The summed E-state index contributed by atoms with van der Waals surface area (Å²) in [6.45, 7) is 1.90. The number of aromatic nitrogens is 3. The summed E-state index contributed by atoms with van der Waals surface area (Å²) >= 11 is 0. The molecule has 0 spiro atoms. The summed E-state index contributed by atoms with van der Waals surface area (Å²) < 4.78 is 1.72. The number of carbonyl (C=O) groups excluding carboxylic acids is 1. The predicted molar refractivity (Wildman–Crippen MR) is 46.2 cm³/mol.